The van der Waals surface area contributed by atoms with Crippen LogP contribution >= 0.6 is 0 Å². The van der Waals surface area contributed by atoms with E-state index in [4.69, 9.17) is 9.84 Å². The summed E-state index contributed by atoms with van der Waals surface area (Å²) in [5, 5.41) is 14.0. The molecule has 3 amide bonds. The number of ether oxygens (including phenoxy) is 1. The predicted octanol–water partition coefficient (Wildman–Crippen LogP) is 2.50. The highest BCUT2D eigenvalue weighted by Gasteiger charge is 2.30. The van der Waals surface area contributed by atoms with Gasteiger partial charge in [-0.25, -0.2) is 4.79 Å². The van der Waals surface area contributed by atoms with E-state index < -0.39 is 18.0 Å². The van der Waals surface area contributed by atoms with Gasteiger partial charge in [0.05, 0.1) is 13.0 Å². The van der Waals surface area contributed by atoms with E-state index in [1.165, 1.54) is 4.90 Å². The van der Waals surface area contributed by atoms with Crippen molar-refractivity contribution >= 4 is 23.9 Å². The molecule has 2 aromatic rings. The second-order valence-electron chi connectivity index (χ2n) is 8.79. The highest BCUT2D eigenvalue weighted by atomic mass is 16.5. The van der Waals surface area contributed by atoms with Gasteiger partial charge >= 0.3 is 12.1 Å². The van der Waals surface area contributed by atoms with Crippen molar-refractivity contribution in [1.29, 1.82) is 0 Å². The largest absolute Gasteiger partial charge is 0.481 e. The van der Waals surface area contributed by atoms with E-state index in [0.29, 0.717) is 13.0 Å². The smallest absolute Gasteiger partial charge is 0.407 e. The van der Waals surface area contributed by atoms with Gasteiger partial charge in [-0.15, -0.1) is 0 Å². The molecule has 9 heteroatoms. The molecule has 9 nitrogen and oxygen atoms in total. The molecule has 0 bridgehead atoms. The molecule has 1 heterocycles. The van der Waals surface area contributed by atoms with Gasteiger partial charge in [-0.3, -0.25) is 14.4 Å². The summed E-state index contributed by atoms with van der Waals surface area (Å²) in [5.74, 6) is -1.89. The Bertz CT molecular complexity index is 1070. The number of nitrogens with zero attached hydrogens (tertiary/aromatic N) is 1. The first-order chi connectivity index (χ1) is 16.9. The van der Waals surface area contributed by atoms with Crippen LogP contribution < -0.4 is 10.6 Å². The fourth-order valence-electron chi connectivity index (χ4n) is 4.88. The number of alkyl carbamates (subject to hydrolysis) is 1. The first kappa shape index (κ1) is 24.3. The minimum atomic E-state index is -0.953. The lowest BCUT2D eigenvalue weighted by atomic mass is 9.98. The zero-order valence-corrected chi connectivity index (χ0v) is 19.4. The second kappa shape index (κ2) is 11.0. The van der Waals surface area contributed by atoms with Gasteiger partial charge in [-0.2, -0.15) is 0 Å². The van der Waals surface area contributed by atoms with Crippen LogP contribution in [0.4, 0.5) is 4.79 Å². The quantitative estimate of drug-likeness (QED) is 0.534. The third-order valence-electron chi connectivity index (χ3n) is 6.53. The molecule has 1 aliphatic carbocycles. The molecule has 184 valence electrons. The molecule has 0 radical (unpaired) electrons. The van der Waals surface area contributed by atoms with E-state index in [9.17, 15) is 19.2 Å². The summed E-state index contributed by atoms with van der Waals surface area (Å²) >= 11 is 0. The third kappa shape index (κ3) is 5.79. The zero-order chi connectivity index (χ0) is 24.8. The maximum absolute atomic E-state index is 12.5. The molecule has 1 saturated heterocycles. The van der Waals surface area contributed by atoms with Crippen molar-refractivity contribution in [3.63, 3.8) is 0 Å². The monoisotopic (exact) mass is 479 g/mol. The summed E-state index contributed by atoms with van der Waals surface area (Å²) in [4.78, 5) is 49.4. The Morgan fingerprint density at radius 3 is 2.23 bits per heavy atom. The number of likely N-dealkylation sites (tertiary alicyclic amines) is 1. The summed E-state index contributed by atoms with van der Waals surface area (Å²) in [6, 6.07) is 15.7. The van der Waals surface area contributed by atoms with Crippen molar-refractivity contribution in [3.05, 3.63) is 59.7 Å². The number of fused-ring (bicyclic) bond motifs is 3. The van der Waals surface area contributed by atoms with Gasteiger partial charge in [0.2, 0.25) is 11.8 Å². The van der Waals surface area contributed by atoms with E-state index in [0.717, 1.165) is 35.1 Å². The Morgan fingerprint density at radius 1 is 0.914 bits per heavy atom. The Hall–Kier alpha value is -3.88. The molecule has 3 N–H and O–H groups in total. The maximum atomic E-state index is 12.5. The Morgan fingerprint density at radius 2 is 1.57 bits per heavy atom. The average Bonchev–Trinajstić information content (AvgIpc) is 3.18. The van der Waals surface area contributed by atoms with Crippen molar-refractivity contribution in [3.8, 4) is 11.1 Å². The summed E-state index contributed by atoms with van der Waals surface area (Å²) in [6.07, 6.45) is 1.49. The van der Waals surface area contributed by atoms with Crippen LogP contribution in [0.3, 0.4) is 0 Å². The number of piperidine rings is 1. The number of hydrogen-bond donors (Lipinski definition) is 3. The summed E-state index contributed by atoms with van der Waals surface area (Å²) < 4.78 is 5.40. The van der Waals surface area contributed by atoms with Crippen LogP contribution in [0, 0.1) is 0 Å². The number of benzene rings is 2. The van der Waals surface area contributed by atoms with Gasteiger partial charge in [0.25, 0.3) is 0 Å². The van der Waals surface area contributed by atoms with E-state index in [1.807, 2.05) is 48.5 Å². The molecule has 1 fully saturated rings. The first-order valence-corrected chi connectivity index (χ1v) is 11.8. The minimum absolute atomic E-state index is 0.0807. The molecule has 4 rings (SSSR count). The number of carbonyl (C=O) groups is 4. The number of carboxylic acids is 1. The lowest BCUT2D eigenvalue weighted by molar-refractivity contribution is -0.142. The Labute approximate surface area is 203 Å². The maximum Gasteiger partial charge on any atom is 0.407 e. The van der Waals surface area contributed by atoms with Crippen LogP contribution in [0.2, 0.25) is 0 Å². The van der Waals surface area contributed by atoms with Crippen LogP contribution in [0.5, 0.6) is 0 Å². The number of amides is 3. The molecule has 0 saturated carbocycles. The number of nitrogens with one attached hydrogen (secondary N) is 2. The van der Waals surface area contributed by atoms with E-state index in [-0.39, 0.29) is 44.0 Å². The number of hydrogen-bond acceptors (Lipinski definition) is 5. The lowest BCUT2D eigenvalue weighted by Gasteiger charge is -2.35. The number of carboxylic acid groups (broad SMARTS) is 1. The molecule has 0 unspecified atom stereocenters. The van der Waals surface area contributed by atoms with Gasteiger partial charge < -0.3 is 25.4 Å². The van der Waals surface area contributed by atoms with Crippen molar-refractivity contribution in [2.75, 3.05) is 26.2 Å². The molecule has 2 aliphatic rings. The van der Waals surface area contributed by atoms with Crippen molar-refractivity contribution in [1.82, 2.24) is 15.5 Å². The summed E-state index contributed by atoms with van der Waals surface area (Å²) in [6.45, 7) is 0.0361. The topological polar surface area (TPSA) is 125 Å². The lowest BCUT2D eigenvalue weighted by Crippen LogP contribution is -2.49. The van der Waals surface area contributed by atoms with E-state index in [1.54, 1.807) is 0 Å². The molecule has 0 spiro atoms. The molecule has 1 atom stereocenters. The van der Waals surface area contributed by atoms with Crippen LogP contribution in [0.25, 0.3) is 11.1 Å². The van der Waals surface area contributed by atoms with Crippen LogP contribution in [-0.2, 0) is 19.1 Å². The van der Waals surface area contributed by atoms with Crippen LogP contribution in [0.15, 0.2) is 48.5 Å². The van der Waals surface area contributed by atoms with Crippen molar-refractivity contribution < 1.29 is 29.0 Å². The fraction of sp³-hybridized carbons (Fsp3) is 0.385. The van der Waals surface area contributed by atoms with E-state index in [2.05, 4.69) is 10.6 Å². The zero-order valence-electron chi connectivity index (χ0n) is 19.4. The highest BCUT2D eigenvalue weighted by molar-refractivity contribution is 5.87. The van der Waals surface area contributed by atoms with Gasteiger partial charge in [-0.1, -0.05) is 48.5 Å². The van der Waals surface area contributed by atoms with Gasteiger partial charge in [0.1, 0.15) is 13.2 Å². The first-order valence-electron chi connectivity index (χ1n) is 11.8. The van der Waals surface area contributed by atoms with Gasteiger partial charge in [0, 0.05) is 18.5 Å². The van der Waals surface area contributed by atoms with Crippen LogP contribution in [0.1, 0.15) is 42.7 Å². The van der Waals surface area contributed by atoms with Crippen molar-refractivity contribution in [2.24, 2.45) is 0 Å². The summed E-state index contributed by atoms with van der Waals surface area (Å²) in [5.41, 5.74) is 4.44. The standard InChI is InChI=1S/C26H29N3O6/c30-23(27-15-24(31)29-12-6-5-7-17(29)13-25(32)33)14-28-26(34)35-16-22-20-10-3-1-8-18(20)19-9-2-4-11-21(19)22/h1-4,8-11,17,22H,5-7,12-16H2,(H,27,30)(H,28,34)(H,32,33)/t17-/m0/s1. The Balaban J connectivity index is 1.22. The van der Waals surface area contributed by atoms with Gasteiger partial charge in [-0.05, 0) is 41.5 Å². The third-order valence-corrected chi connectivity index (χ3v) is 6.53. The normalized spacial score (nSPS) is 16.7. The molecular formula is C26H29N3O6. The molecular weight excluding hydrogens is 450 g/mol. The highest BCUT2D eigenvalue weighted by Crippen LogP contribution is 2.44. The second-order valence-corrected chi connectivity index (χ2v) is 8.79. The van der Waals surface area contributed by atoms with E-state index >= 15 is 0 Å². The summed E-state index contributed by atoms with van der Waals surface area (Å²) in [7, 11) is 0. The Kier molecular flexibility index (Phi) is 7.64. The number of carbonyl (C=O) groups excluding carboxylic acids is 3. The average molecular weight is 480 g/mol. The minimum Gasteiger partial charge on any atom is -0.481 e. The molecule has 1 aliphatic heterocycles. The van der Waals surface area contributed by atoms with Crippen molar-refractivity contribution in [2.45, 2.75) is 37.6 Å². The number of rotatable bonds is 8. The molecule has 0 aromatic heterocycles. The predicted molar refractivity (Wildman–Crippen MR) is 128 cm³/mol. The molecule has 2 aromatic carbocycles. The fourth-order valence-corrected chi connectivity index (χ4v) is 4.88. The van der Waals surface area contributed by atoms with Gasteiger partial charge in [0.15, 0.2) is 0 Å². The molecule has 35 heavy (non-hydrogen) atoms. The number of aliphatic carboxylic acids is 1. The van der Waals surface area contributed by atoms with Crippen LogP contribution in [-0.4, -0.2) is 66.2 Å². The SMILES string of the molecule is O=C(O)C[C@@H]1CCCCN1C(=O)CNC(=O)CNC(=O)OCC1c2ccccc2-c2ccccc21.